The van der Waals surface area contributed by atoms with E-state index in [0.717, 1.165) is 62.2 Å². The molecule has 0 bridgehead atoms. The Morgan fingerprint density at radius 1 is 1.12 bits per heavy atom. The van der Waals surface area contributed by atoms with Gasteiger partial charge in [-0.05, 0) is 73.0 Å². The van der Waals surface area contributed by atoms with Gasteiger partial charge in [-0.25, -0.2) is 9.97 Å². The Morgan fingerprint density at radius 2 is 2.00 bits per heavy atom. The molecule has 2 fully saturated rings. The highest BCUT2D eigenvalue weighted by Crippen LogP contribution is 2.26. The predicted molar refractivity (Wildman–Crippen MR) is 132 cm³/mol. The third kappa shape index (κ3) is 5.18. The van der Waals surface area contributed by atoms with Crippen molar-refractivity contribution in [3.63, 3.8) is 0 Å². The number of carbonyl (C=O) groups is 2. The molecule has 9 nitrogen and oxygen atoms in total. The van der Waals surface area contributed by atoms with Gasteiger partial charge >= 0.3 is 0 Å². The summed E-state index contributed by atoms with van der Waals surface area (Å²) in [6, 6.07) is 9.85. The smallest absolute Gasteiger partial charge is 0.290 e. The highest BCUT2D eigenvalue weighted by molar-refractivity contribution is 8.18. The Hall–Kier alpha value is -3.50. The van der Waals surface area contributed by atoms with Gasteiger partial charge in [-0.1, -0.05) is 6.07 Å². The first-order valence-corrected chi connectivity index (χ1v) is 12.1. The number of nitrogens with one attached hydrogen (secondary N) is 3. The summed E-state index contributed by atoms with van der Waals surface area (Å²) in [5, 5.41) is 5.51. The summed E-state index contributed by atoms with van der Waals surface area (Å²) in [6.45, 7) is 3.47. The standard InChI is InChI=1S/C24H25N7O2S/c32-22-20(34-24(33)30-22)13-18-5-10-28-23(29-18)31-11-6-16(7-12-31)14-25-15-17-3-1-9-27-21(17)19-4-2-8-26-19/h1-5,8-10,13,16,25-26H,6-7,11-12,14-15H2,(H,30,32,33)/b20-13+. The third-order valence-electron chi connectivity index (χ3n) is 5.98. The van der Waals surface area contributed by atoms with E-state index in [0.29, 0.717) is 22.5 Å². The van der Waals surface area contributed by atoms with Crippen molar-refractivity contribution in [2.75, 3.05) is 24.5 Å². The first-order chi connectivity index (χ1) is 16.7. The first kappa shape index (κ1) is 22.3. The van der Waals surface area contributed by atoms with Gasteiger partial charge < -0.3 is 15.2 Å². The lowest BCUT2D eigenvalue weighted by atomic mass is 9.97. The van der Waals surface area contributed by atoms with Crippen LogP contribution in [0.15, 0.2) is 53.8 Å². The molecule has 0 atom stereocenters. The van der Waals surface area contributed by atoms with Crippen LogP contribution in [0.1, 0.15) is 24.1 Å². The maximum atomic E-state index is 11.8. The first-order valence-electron chi connectivity index (χ1n) is 11.3. The molecule has 2 aliphatic rings. The second-order valence-corrected chi connectivity index (χ2v) is 9.30. The molecule has 0 unspecified atom stereocenters. The number of anilines is 1. The van der Waals surface area contributed by atoms with Crippen molar-refractivity contribution in [3.8, 4) is 11.4 Å². The summed E-state index contributed by atoms with van der Waals surface area (Å²) in [6.07, 6.45) is 9.15. The number of H-pyrrole nitrogens is 1. The van der Waals surface area contributed by atoms with Crippen molar-refractivity contribution in [2.24, 2.45) is 5.92 Å². The van der Waals surface area contributed by atoms with Gasteiger partial charge in [-0.3, -0.25) is 19.9 Å². The number of rotatable bonds is 7. The summed E-state index contributed by atoms with van der Waals surface area (Å²) in [5.74, 6) is 0.855. The molecule has 2 aliphatic heterocycles. The van der Waals surface area contributed by atoms with Crippen LogP contribution in [0.3, 0.4) is 0 Å². The Morgan fingerprint density at radius 3 is 2.76 bits per heavy atom. The Labute approximate surface area is 201 Å². The van der Waals surface area contributed by atoms with Crippen molar-refractivity contribution in [1.82, 2.24) is 30.6 Å². The van der Waals surface area contributed by atoms with Gasteiger partial charge in [-0.2, -0.15) is 0 Å². The molecule has 174 valence electrons. The molecule has 0 saturated carbocycles. The number of thioether (sulfide) groups is 1. The van der Waals surface area contributed by atoms with E-state index >= 15 is 0 Å². The normalized spacial score (nSPS) is 18.0. The molecule has 5 rings (SSSR count). The summed E-state index contributed by atoms with van der Waals surface area (Å²) < 4.78 is 0. The molecule has 0 aliphatic carbocycles. The quantitative estimate of drug-likeness (QED) is 0.446. The number of nitrogens with zero attached hydrogens (tertiary/aromatic N) is 4. The Kier molecular flexibility index (Phi) is 6.68. The van der Waals surface area contributed by atoms with Crippen LogP contribution in [0.25, 0.3) is 17.5 Å². The van der Waals surface area contributed by atoms with E-state index in [1.165, 1.54) is 5.56 Å². The van der Waals surface area contributed by atoms with E-state index in [9.17, 15) is 9.59 Å². The topological polar surface area (TPSA) is 116 Å². The number of carbonyl (C=O) groups excluding carboxylic acids is 2. The zero-order valence-corrected chi connectivity index (χ0v) is 19.3. The Bertz CT molecular complexity index is 1200. The van der Waals surface area contributed by atoms with Gasteiger partial charge in [0.2, 0.25) is 5.95 Å². The van der Waals surface area contributed by atoms with Crippen molar-refractivity contribution >= 4 is 34.9 Å². The van der Waals surface area contributed by atoms with Crippen molar-refractivity contribution in [3.05, 3.63) is 65.1 Å². The van der Waals surface area contributed by atoms with Gasteiger partial charge in [0.15, 0.2) is 0 Å². The van der Waals surface area contributed by atoms with Crippen molar-refractivity contribution < 1.29 is 9.59 Å². The fourth-order valence-electron chi connectivity index (χ4n) is 4.20. The van der Waals surface area contributed by atoms with Crippen LogP contribution in [-0.2, 0) is 11.3 Å². The highest BCUT2D eigenvalue weighted by atomic mass is 32.2. The average molecular weight is 476 g/mol. The number of aromatic nitrogens is 4. The molecule has 3 N–H and O–H groups in total. The van der Waals surface area contributed by atoms with Crippen LogP contribution in [-0.4, -0.2) is 50.7 Å². The lowest BCUT2D eigenvalue weighted by molar-refractivity contribution is -0.115. The van der Waals surface area contributed by atoms with Gasteiger partial charge in [0.1, 0.15) is 0 Å². The van der Waals surface area contributed by atoms with Crippen molar-refractivity contribution in [1.29, 1.82) is 0 Å². The molecule has 3 aromatic heterocycles. The zero-order chi connectivity index (χ0) is 23.3. The number of imide groups is 1. The summed E-state index contributed by atoms with van der Waals surface area (Å²) in [7, 11) is 0. The molecule has 0 radical (unpaired) electrons. The van der Waals surface area contributed by atoms with Crippen LogP contribution in [0.5, 0.6) is 0 Å². The number of hydrogen-bond acceptors (Lipinski definition) is 8. The Balaban J connectivity index is 1.13. The highest BCUT2D eigenvalue weighted by Gasteiger charge is 2.25. The largest absolute Gasteiger partial charge is 0.360 e. The molecular weight excluding hydrogens is 450 g/mol. The minimum atomic E-state index is -0.380. The fraction of sp³-hybridized carbons (Fsp3) is 0.292. The molecule has 34 heavy (non-hydrogen) atoms. The molecular formula is C24H25N7O2S. The monoisotopic (exact) mass is 475 g/mol. The number of piperidine rings is 1. The number of hydrogen-bond donors (Lipinski definition) is 3. The predicted octanol–water partition coefficient (Wildman–Crippen LogP) is 3.20. The average Bonchev–Trinajstić information content (AvgIpc) is 3.50. The lowest BCUT2D eigenvalue weighted by Gasteiger charge is -2.32. The number of pyridine rings is 1. The van der Waals surface area contributed by atoms with Gasteiger partial charge in [-0.15, -0.1) is 0 Å². The minimum Gasteiger partial charge on any atom is -0.360 e. The van der Waals surface area contributed by atoms with E-state index in [4.69, 9.17) is 0 Å². The van der Waals surface area contributed by atoms with Crippen LogP contribution in [0.2, 0.25) is 0 Å². The molecule has 2 saturated heterocycles. The van der Waals surface area contributed by atoms with E-state index in [1.807, 2.05) is 30.6 Å². The summed E-state index contributed by atoms with van der Waals surface area (Å²) >= 11 is 0.891. The molecule has 0 spiro atoms. The SMILES string of the molecule is O=C1NC(=O)/C(=C\c2ccnc(N3CCC(CNCc4cccnc4-c4ccc[nH]4)CC3)n2)S1. The van der Waals surface area contributed by atoms with Crippen LogP contribution >= 0.6 is 11.8 Å². The van der Waals surface area contributed by atoms with Gasteiger partial charge in [0.05, 0.1) is 22.0 Å². The van der Waals surface area contributed by atoms with Gasteiger partial charge in [0, 0.05) is 38.2 Å². The zero-order valence-electron chi connectivity index (χ0n) is 18.5. The van der Waals surface area contributed by atoms with E-state index in [1.54, 1.807) is 18.3 Å². The van der Waals surface area contributed by atoms with Gasteiger partial charge in [0.25, 0.3) is 11.1 Å². The fourth-order valence-corrected chi connectivity index (χ4v) is 4.87. The number of aromatic amines is 1. The van der Waals surface area contributed by atoms with Crippen molar-refractivity contribution in [2.45, 2.75) is 19.4 Å². The second-order valence-electron chi connectivity index (χ2n) is 8.29. The summed E-state index contributed by atoms with van der Waals surface area (Å²) in [4.78, 5) is 42.5. The van der Waals surface area contributed by atoms with E-state index in [-0.39, 0.29) is 11.1 Å². The van der Waals surface area contributed by atoms with Crippen LogP contribution in [0.4, 0.5) is 10.7 Å². The summed E-state index contributed by atoms with van der Waals surface area (Å²) in [5.41, 5.74) is 3.81. The molecule has 5 heterocycles. The van der Waals surface area contributed by atoms with Crippen LogP contribution < -0.4 is 15.5 Å². The molecule has 3 aromatic rings. The number of amides is 2. The van der Waals surface area contributed by atoms with E-state index < -0.39 is 0 Å². The third-order valence-corrected chi connectivity index (χ3v) is 6.79. The molecule has 10 heteroatoms. The van der Waals surface area contributed by atoms with E-state index in [2.05, 4.69) is 41.5 Å². The lowest BCUT2D eigenvalue weighted by Crippen LogP contribution is -2.38. The maximum absolute atomic E-state index is 11.8. The molecule has 2 amide bonds. The van der Waals surface area contributed by atoms with Crippen LogP contribution in [0, 0.1) is 5.92 Å². The minimum absolute atomic E-state index is 0.354. The molecule has 0 aromatic carbocycles. The maximum Gasteiger partial charge on any atom is 0.290 e. The second kappa shape index (κ2) is 10.2.